The summed E-state index contributed by atoms with van der Waals surface area (Å²) in [6, 6.07) is 0. The van der Waals surface area contributed by atoms with Crippen molar-refractivity contribution in [3.05, 3.63) is 36.5 Å². The summed E-state index contributed by atoms with van der Waals surface area (Å²) in [6.07, 6.45) is 5.69. The first-order valence-corrected chi connectivity index (χ1v) is 5.04. The van der Waals surface area contributed by atoms with E-state index in [0.29, 0.717) is 6.54 Å². The Balaban J connectivity index is 4.34. The minimum absolute atomic E-state index is 0.228. The number of hydrogen-bond donors (Lipinski definition) is 2. The van der Waals surface area contributed by atoms with Gasteiger partial charge in [-0.15, -0.1) is 0 Å². The summed E-state index contributed by atoms with van der Waals surface area (Å²) in [5, 5.41) is 9.42. The van der Waals surface area contributed by atoms with Crippen molar-refractivity contribution in [2.45, 2.75) is 32.3 Å². The molecule has 80 valence electrons. The summed E-state index contributed by atoms with van der Waals surface area (Å²) < 4.78 is 0. The topological polar surface area (TPSA) is 46.2 Å². The van der Waals surface area contributed by atoms with Gasteiger partial charge in [0.05, 0.1) is 6.10 Å². The highest BCUT2D eigenvalue weighted by Crippen LogP contribution is 2.15. The fraction of sp³-hybridized carbons (Fsp3) is 0.500. The third-order valence-electron chi connectivity index (χ3n) is 2.34. The minimum Gasteiger partial charge on any atom is -0.393 e. The van der Waals surface area contributed by atoms with Gasteiger partial charge in [0.15, 0.2) is 0 Å². The van der Waals surface area contributed by atoms with Crippen LogP contribution in [-0.4, -0.2) is 17.8 Å². The summed E-state index contributed by atoms with van der Waals surface area (Å²) >= 11 is 0. The number of hydrogen-bond acceptors (Lipinski definition) is 2. The van der Waals surface area contributed by atoms with Crippen molar-refractivity contribution < 1.29 is 5.11 Å². The van der Waals surface area contributed by atoms with Crippen LogP contribution in [0.5, 0.6) is 0 Å². The highest BCUT2D eigenvalue weighted by atomic mass is 16.3. The second-order valence-corrected chi connectivity index (χ2v) is 3.26. The SMILES string of the molecule is C=C/C(CN)=C(\C=C)CCC(O)CC. The van der Waals surface area contributed by atoms with E-state index >= 15 is 0 Å². The van der Waals surface area contributed by atoms with Gasteiger partial charge in [-0.2, -0.15) is 0 Å². The second-order valence-electron chi connectivity index (χ2n) is 3.26. The van der Waals surface area contributed by atoms with Gasteiger partial charge in [-0.1, -0.05) is 32.2 Å². The Hall–Kier alpha value is -0.860. The zero-order valence-corrected chi connectivity index (χ0v) is 9.00. The normalized spacial score (nSPS) is 14.5. The van der Waals surface area contributed by atoms with Crippen LogP contribution in [-0.2, 0) is 0 Å². The van der Waals surface area contributed by atoms with Crippen molar-refractivity contribution in [1.29, 1.82) is 0 Å². The van der Waals surface area contributed by atoms with Gasteiger partial charge in [0.2, 0.25) is 0 Å². The number of nitrogens with two attached hydrogens (primary N) is 1. The Morgan fingerprint density at radius 2 is 1.93 bits per heavy atom. The lowest BCUT2D eigenvalue weighted by atomic mass is 10.0. The zero-order valence-electron chi connectivity index (χ0n) is 9.00. The lowest BCUT2D eigenvalue weighted by Gasteiger charge is -2.10. The van der Waals surface area contributed by atoms with Crippen LogP contribution < -0.4 is 5.73 Å². The molecule has 0 aliphatic carbocycles. The monoisotopic (exact) mass is 195 g/mol. The lowest BCUT2D eigenvalue weighted by molar-refractivity contribution is 0.161. The smallest absolute Gasteiger partial charge is 0.0540 e. The summed E-state index contributed by atoms with van der Waals surface area (Å²) in [4.78, 5) is 0. The lowest BCUT2D eigenvalue weighted by Crippen LogP contribution is -2.07. The van der Waals surface area contributed by atoms with E-state index in [4.69, 9.17) is 5.73 Å². The van der Waals surface area contributed by atoms with E-state index in [1.807, 2.05) is 6.92 Å². The molecule has 0 heterocycles. The van der Waals surface area contributed by atoms with Gasteiger partial charge in [0.1, 0.15) is 0 Å². The van der Waals surface area contributed by atoms with Crippen molar-refractivity contribution in [2.24, 2.45) is 5.73 Å². The minimum atomic E-state index is -0.228. The van der Waals surface area contributed by atoms with Gasteiger partial charge in [-0.05, 0) is 30.4 Å². The highest BCUT2D eigenvalue weighted by molar-refractivity contribution is 5.32. The van der Waals surface area contributed by atoms with Gasteiger partial charge < -0.3 is 10.8 Å². The first-order chi connectivity index (χ1) is 6.69. The Kier molecular flexibility index (Phi) is 7.07. The molecule has 0 bridgehead atoms. The molecule has 1 unspecified atom stereocenters. The second kappa shape index (κ2) is 7.54. The summed E-state index contributed by atoms with van der Waals surface area (Å²) in [5.41, 5.74) is 7.67. The van der Waals surface area contributed by atoms with Gasteiger partial charge in [0, 0.05) is 6.54 Å². The molecule has 0 aromatic rings. The van der Waals surface area contributed by atoms with Crippen LogP contribution in [0.15, 0.2) is 36.5 Å². The van der Waals surface area contributed by atoms with Crippen LogP contribution in [0.3, 0.4) is 0 Å². The summed E-state index contributed by atoms with van der Waals surface area (Å²) in [6.45, 7) is 9.89. The van der Waals surface area contributed by atoms with E-state index in [1.54, 1.807) is 12.2 Å². The molecule has 14 heavy (non-hydrogen) atoms. The predicted octanol–water partition coefficient (Wildman–Crippen LogP) is 2.16. The fourth-order valence-corrected chi connectivity index (χ4v) is 1.27. The first-order valence-electron chi connectivity index (χ1n) is 5.04. The average molecular weight is 195 g/mol. The Morgan fingerprint density at radius 3 is 2.29 bits per heavy atom. The van der Waals surface area contributed by atoms with Crippen molar-refractivity contribution in [2.75, 3.05) is 6.54 Å². The predicted molar refractivity (Wildman–Crippen MR) is 62.0 cm³/mol. The molecule has 2 nitrogen and oxygen atoms in total. The summed E-state index contributed by atoms with van der Waals surface area (Å²) in [5.74, 6) is 0. The Bertz CT molecular complexity index is 218. The van der Waals surface area contributed by atoms with Crippen LogP contribution in [0.25, 0.3) is 0 Å². The maximum Gasteiger partial charge on any atom is 0.0540 e. The van der Waals surface area contributed by atoms with Crippen LogP contribution >= 0.6 is 0 Å². The quantitative estimate of drug-likeness (QED) is 0.611. The van der Waals surface area contributed by atoms with Crippen LogP contribution in [0.2, 0.25) is 0 Å². The van der Waals surface area contributed by atoms with E-state index in [9.17, 15) is 5.11 Å². The van der Waals surface area contributed by atoms with E-state index in [2.05, 4.69) is 13.2 Å². The third kappa shape index (κ3) is 4.40. The molecule has 0 aliphatic rings. The van der Waals surface area contributed by atoms with E-state index in [1.165, 1.54) is 0 Å². The molecule has 3 N–H and O–H groups in total. The number of aliphatic hydroxyl groups is 1. The largest absolute Gasteiger partial charge is 0.393 e. The van der Waals surface area contributed by atoms with E-state index < -0.39 is 0 Å². The molecule has 0 saturated heterocycles. The average Bonchev–Trinajstić information content (AvgIpc) is 2.23. The van der Waals surface area contributed by atoms with Crippen molar-refractivity contribution in [3.8, 4) is 0 Å². The highest BCUT2D eigenvalue weighted by Gasteiger charge is 2.04. The number of allylic oxidation sites excluding steroid dienone is 2. The molecule has 0 fully saturated rings. The maximum absolute atomic E-state index is 9.42. The summed E-state index contributed by atoms with van der Waals surface area (Å²) in [7, 11) is 0. The van der Waals surface area contributed by atoms with Crippen LogP contribution in [0.4, 0.5) is 0 Å². The van der Waals surface area contributed by atoms with Gasteiger partial charge in [-0.25, -0.2) is 0 Å². The molecule has 1 atom stereocenters. The molecule has 0 amide bonds. The van der Waals surface area contributed by atoms with Crippen molar-refractivity contribution >= 4 is 0 Å². The molecule has 2 heteroatoms. The Morgan fingerprint density at radius 1 is 1.36 bits per heavy atom. The van der Waals surface area contributed by atoms with E-state index in [0.717, 1.165) is 30.4 Å². The van der Waals surface area contributed by atoms with Crippen molar-refractivity contribution in [3.63, 3.8) is 0 Å². The van der Waals surface area contributed by atoms with E-state index in [-0.39, 0.29) is 6.10 Å². The molecule has 0 saturated carbocycles. The zero-order chi connectivity index (χ0) is 11.0. The molecule has 0 radical (unpaired) electrons. The first kappa shape index (κ1) is 13.1. The van der Waals surface area contributed by atoms with Gasteiger partial charge in [0.25, 0.3) is 0 Å². The maximum atomic E-state index is 9.42. The van der Waals surface area contributed by atoms with Gasteiger partial charge >= 0.3 is 0 Å². The van der Waals surface area contributed by atoms with Crippen LogP contribution in [0.1, 0.15) is 26.2 Å². The molecule has 0 rings (SSSR count). The molecular formula is C12H21NO. The van der Waals surface area contributed by atoms with Crippen molar-refractivity contribution in [1.82, 2.24) is 0 Å². The molecule has 0 aliphatic heterocycles. The number of aliphatic hydroxyl groups excluding tert-OH is 1. The molecule has 0 spiro atoms. The Labute approximate surface area is 86.8 Å². The fourth-order valence-electron chi connectivity index (χ4n) is 1.27. The third-order valence-corrected chi connectivity index (χ3v) is 2.34. The van der Waals surface area contributed by atoms with Gasteiger partial charge in [-0.3, -0.25) is 0 Å². The molecular weight excluding hydrogens is 174 g/mol. The standard InChI is InChI=1S/C12H21NO/c1-4-10(11(5-2)9-13)7-8-12(14)6-3/h4-5,12,14H,1-2,6-9,13H2,3H3/b11-10-. The van der Waals surface area contributed by atoms with Crippen LogP contribution in [0, 0.1) is 0 Å². The molecule has 0 aromatic heterocycles. The molecule has 0 aromatic carbocycles. The number of rotatable bonds is 7.